The van der Waals surface area contributed by atoms with Crippen molar-refractivity contribution in [1.82, 2.24) is 4.72 Å². The summed E-state index contributed by atoms with van der Waals surface area (Å²) in [4.78, 5) is 12.3. The Hall–Kier alpha value is -1.40. The molecule has 1 heterocycles. The Morgan fingerprint density at radius 3 is 2.68 bits per heavy atom. The minimum Gasteiger partial charge on any atom is -0.274 e. The van der Waals surface area contributed by atoms with E-state index in [1.165, 1.54) is 29.5 Å². The van der Waals surface area contributed by atoms with Crippen molar-refractivity contribution in [2.24, 2.45) is 0 Å². The van der Waals surface area contributed by atoms with Crippen molar-refractivity contribution in [3.63, 3.8) is 0 Å². The van der Waals surface area contributed by atoms with E-state index >= 15 is 0 Å². The molecular weight excluding hydrogens is 412 g/mol. The SMILES string of the molecule is N#Cc1cc(Br)cc(S(=O)(=O)NC(=O)Cc2ccc(Cl)s2)c1. The maximum Gasteiger partial charge on any atom is 0.264 e. The average molecular weight is 420 g/mol. The van der Waals surface area contributed by atoms with Crippen molar-refractivity contribution in [3.05, 3.63) is 49.6 Å². The second kappa shape index (κ2) is 6.79. The zero-order chi connectivity index (χ0) is 16.3. The second-order valence-corrected chi connectivity index (χ2v) is 8.60. The number of amides is 1. The molecule has 2 rings (SSSR count). The first-order chi connectivity index (χ1) is 10.3. The molecular formula is C13H8BrClN2O3S2. The quantitative estimate of drug-likeness (QED) is 0.825. The minimum atomic E-state index is -4.04. The molecule has 1 amide bonds. The molecule has 22 heavy (non-hydrogen) atoms. The standard InChI is InChI=1S/C13H8BrClN2O3S2/c14-9-3-8(7-16)4-11(5-9)22(19,20)17-13(18)6-10-1-2-12(15)21-10/h1-5H,6H2,(H,17,18). The molecule has 0 radical (unpaired) electrons. The van der Waals surface area contributed by atoms with Crippen molar-refractivity contribution in [1.29, 1.82) is 5.26 Å². The lowest BCUT2D eigenvalue weighted by Gasteiger charge is -2.07. The summed E-state index contributed by atoms with van der Waals surface area (Å²) in [6, 6.07) is 9.15. The van der Waals surface area contributed by atoms with E-state index in [1.54, 1.807) is 12.1 Å². The number of sulfonamides is 1. The fourth-order valence-corrected chi connectivity index (χ4v) is 4.42. The van der Waals surface area contributed by atoms with Gasteiger partial charge in [0.2, 0.25) is 5.91 Å². The summed E-state index contributed by atoms with van der Waals surface area (Å²) >= 11 is 10.1. The van der Waals surface area contributed by atoms with Crippen molar-refractivity contribution in [3.8, 4) is 6.07 Å². The highest BCUT2D eigenvalue weighted by Crippen LogP contribution is 2.22. The Kier molecular flexibility index (Phi) is 5.24. The van der Waals surface area contributed by atoms with Crippen LogP contribution in [0.1, 0.15) is 10.4 Å². The van der Waals surface area contributed by atoms with Crippen LogP contribution >= 0.6 is 38.9 Å². The van der Waals surface area contributed by atoms with Crippen LogP contribution in [0.4, 0.5) is 0 Å². The molecule has 0 aliphatic carbocycles. The van der Waals surface area contributed by atoms with Gasteiger partial charge in [0.15, 0.2) is 0 Å². The highest BCUT2D eigenvalue weighted by Gasteiger charge is 2.19. The lowest BCUT2D eigenvalue weighted by molar-refractivity contribution is -0.118. The summed E-state index contributed by atoms with van der Waals surface area (Å²) in [5.41, 5.74) is 0.173. The predicted octanol–water partition coefficient (Wildman–Crippen LogP) is 3.08. The third-order valence-corrected chi connectivity index (χ3v) is 5.56. The van der Waals surface area contributed by atoms with Gasteiger partial charge in [-0.3, -0.25) is 4.79 Å². The van der Waals surface area contributed by atoms with Gasteiger partial charge in [-0.15, -0.1) is 11.3 Å². The lowest BCUT2D eigenvalue weighted by atomic mass is 10.2. The van der Waals surface area contributed by atoms with Crippen LogP contribution in [0.5, 0.6) is 0 Å². The molecule has 0 atom stereocenters. The first-order valence-corrected chi connectivity index (χ1v) is 9.28. The monoisotopic (exact) mass is 418 g/mol. The Morgan fingerprint density at radius 1 is 1.36 bits per heavy atom. The largest absolute Gasteiger partial charge is 0.274 e. The van der Waals surface area contributed by atoms with Crippen LogP contribution in [0.15, 0.2) is 39.7 Å². The summed E-state index contributed by atoms with van der Waals surface area (Å²) in [7, 11) is -4.04. The maximum atomic E-state index is 12.2. The fourth-order valence-electron chi connectivity index (χ4n) is 1.63. The summed E-state index contributed by atoms with van der Waals surface area (Å²) in [5, 5.41) is 8.87. The number of halogens is 2. The Balaban J connectivity index is 2.19. The normalized spacial score (nSPS) is 11.0. The van der Waals surface area contributed by atoms with Crippen molar-refractivity contribution < 1.29 is 13.2 Å². The third kappa shape index (κ3) is 4.30. The number of nitrogens with zero attached hydrogens (tertiary/aromatic N) is 1. The van der Waals surface area contributed by atoms with Gasteiger partial charge in [0, 0.05) is 9.35 Å². The highest BCUT2D eigenvalue weighted by atomic mass is 79.9. The molecule has 0 saturated carbocycles. The molecule has 5 nitrogen and oxygen atoms in total. The zero-order valence-electron chi connectivity index (χ0n) is 10.8. The van der Waals surface area contributed by atoms with E-state index in [-0.39, 0.29) is 16.9 Å². The van der Waals surface area contributed by atoms with Crippen LogP contribution in [0.3, 0.4) is 0 Å². The van der Waals surface area contributed by atoms with Crippen LogP contribution in [0, 0.1) is 11.3 Å². The maximum absolute atomic E-state index is 12.2. The minimum absolute atomic E-state index is 0.0876. The molecule has 114 valence electrons. The summed E-state index contributed by atoms with van der Waals surface area (Å²) in [6.07, 6.45) is -0.0876. The molecule has 9 heteroatoms. The van der Waals surface area contributed by atoms with E-state index in [1.807, 2.05) is 10.8 Å². The number of carbonyl (C=O) groups is 1. The highest BCUT2D eigenvalue weighted by molar-refractivity contribution is 9.10. The predicted molar refractivity (Wildman–Crippen MR) is 87.2 cm³/mol. The van der Waals surface area contributed by atoms with Crippen LogP contribution in [-0.4, -0.2) is 14.3 Å². The summed E-state index contributed by atoms with van der Waals surface area (Å²) < 4.78 is 27.3. The summed E-state index contributed by atoms with van der Waals surface area (Å²) in [6.45, 7) is 0. The molecule has 1 aromatic carbocycles. The second-order valence-electron chi connectivity index (χ2n) is 4.20. The van der Waals surface area contributed by atoms with E-state index in [9.17, 15) is 13.2 Å². The van der Waals surface area contributed by atoms with Crippen molar-refractivity contribution in [2.75, 3.05) is 0 Å². The number of rotatable bonds is 4. The van der Waals surface area contributed by atoms with E-state index in [4.69, 9.17) is 16.9 Å². The van der Waals surface area contributed by atoms with Crippen LogP contribution in [0.25, 0.3) is 0 Å². The molecule has 0 bridgehead atoms. The van der Waals surface area contributed by atoms with Gasteiger partial charge in [-0.1, -0.05) is 27.5 Å². The van der Waals surface area contributed by atoms with Crippen LogP contribution in [0.2, 0.25) is 4.34 Å². The Labute approximate surface area is 144 Å². The Morgan fingerprint density at radius 2 is 2.09 bits per heavy atom. The molecule has 0 aliphatic rings. The molecule has 0 unspecified atom stereocenters. The number of benzene rings is 1. The molecule has 0 fully saturated rings. The van der Waals surface area contributed by atoms with Gasteiger partial charge in [0.05, 0.1) is 27.3 Å². The van der Waals surface area contributed by atoms with Gasteiger partial charge in [-0.05, 0) is 30.3 Å². The number of thiophene rings is 1. The van der Waals surface area contributed by atoms with Crippen molar-refractivity contribution in [2.45, 2.75) is 11.3 Å². The van der Waals surface area contributed by atoms with Gasteiger partial charge >= 0.3 is 0 Å². The van der Waals surface area contributed by atoms with Gasteiger partial charge in [-0.2, -0.15) is 5.26 Å². The van der Waals surface area contributed by atoms with Gasteiger partial charge in [0.1, 0.15) is 0 Å². The van der Waals surface area contributed by atoms with Crippen LogP contribution < -0.4 is 4.72 Å². The smallest absolute Gasteiger partial charge is 0.264 e. The van der Waals surface area contributed by atoms with E-state index in [0.717, 1.165) is 0 Å². The van der Waals surface area contributed by atoms with E-state index in [0.29, 0.717) is 13.7 Å². The van der Waals surface area contributed by atoms with Crippen LogP contribution in [-0.2, 0) is 21.2 Å². The zero-order valence-corrected chi connectivity index (χ0v) is 14.8. The molecule has 1 aromatic heterocycles. The van der Waals surface area contributed by atoms with E-state index in [2.05, 4.69) is 15.9 Å². The number of carbonyl (C=O) groups excluding carboxylic acids is 1. The lowest BCUT2D eigenvalue weighted by Crippen LogP contribution is -2.31. The first kappa shape index (κ1) is 17.0. The summed E-state index contributed by atoms with van der Waals surface area (Å²) in [5.74, 6) is -0.669. The van der Waals surface area contributed by atoms with E-state index < -0.39 is 15.9 Å². The molecule has 1 N–H and O–H groups in total. The van der Waals surface area contributed by atoms with Gasteiger partial charge in [-0.25, -0.2) is 13.1 Å². The third-order valence-electron chi connectivity index (χ3n) is 2.52. The molecule has 0 spiro atoms. The van der Waals surface area contributed by atoms with Gasteiger partial charge < -0.3 is 0 Å². The topological polar surface area (TPSA) is 87.0 Å². The average Bonchev–Trinajstić information content (AvgIpc) is 2.82. The number of hydrogen-bond acceptors (Lipinski definition) is 5. The number of hydrogen-bond donors (Lipinski definition) is 1. The Bertz CT molecular complexity index is 872. The first-order valence-electron chi connectivity index (χ1n) is 5.81. The molecule has 0 saturated heterocycles. The number of nitrogens with one attached hydrogen (secondary N) is 1. The molecule has 0 aliphatic heterocycles. The van der Waals surface area contributed by atoms with Crippen molar-refractivity contribution >= 4 is 54.8 Å². The van der Waals surface area contributed by atoms with Gasteiger partial charge in [0.25, 0.3) is 10.0 Å². The number of nitriles is 1. The fraction of sp³-hybridized carbons (Fsp3) is 0.0769. The molecule has 2 aromatic rings.